The Hall–Kier alpha value is -0.260. The van der Waals surface area contributed by atoms with E-state index in [0.717, 1.165) is 11.3 Å². The van der Waals surface area contributed by atoms with Crippen molar-refractivity contribution in [2.45, 2.75) is 19.0 Å². The largest absolute Gasteiger partial charge is 0.390 e. The second-order valence-electron chi connectivity index (χ2n) is 3.07. The van der Waals surface area contributed by atoms with E-state index in [2.05, 4.69) is 5.32 Å². The van der Waals surface area contributed by atoms with Crippen LogP contribution in [0.5, 0.6) is 0 Å². The second-order valence-corrected chi connectivity index (χ2v) is 4.87. The minimum absolute atomic E-state index is 0.0252. The van der Waals surface area contributed by atoms with Crippen LogP contribution >= 0.6 is 22.9 Å². The van der Waals surface area contributed by atoms with Crippen LogP contribution in [0.1, 0.15) is 11.3 Å². The molecule has 0 aromatic carbocycles. The third-order valence-electron chi connectivity index (χ3n) is 1.76. The van der Waals surface area contributed by atoms with Gasteiger partial charge in [0.25, 0.3) is 0 Å². The van der Waals surface area contributed by atoms with E-state index in [1.807, 2.05) is 6.07 Å². The zero-order chi connectivity index (χ0) is 11.3. The molecule has 6 heteroatoms. The van der Waals surface area contributed by atoms with Crippen molar-refractivity contribution in [1.82, 2.24) is 5.32 Å². The van der Waals surface area contributed by atoms with E-state index in [1.165, 1.54) is 11.3 Å². The van der Waals surface area contributed by atoms with Crippen LogP contribution in [0.25, 0.3) is 0 Å². The highest BCUT2D eigenvalue weighted by atomic mass is 35.5. The Morgan fingerprint density at radius 3 is 2.53 bits per heavy atom. The molecular formula is C9H11ClF3NS. The van der Waals surface area contributed by atoms with E-state index in [4.69, 9.17) is 11.6 Å². The number of hydrogen-bond acceptors (Lipinski definition) is 2. The first-order valence-corrected chi connectivity index (χ1v) is 5.68. The lowest BCUT2D eigenvalue weighted by Crippen LogP contribution is -2.23. The molecule has 0 atom stereocenters. The summed E-state index contributed by atoms with van der Waals surface area (Å²) >= 11 is 7.16. The van der Waals surface area contributed by atoms with Gasteiger partial charge in [0.1, 0.15) is 0 Å². The summed E-state index contributed by atoms with van der Waals surface area (Å²) in [6.45, 7) is 0.523. The van der Waals surface area contributed by atoms with Gasteiger partial charge in [0.05, 0.1) is 10.8 Å². The van der Waals surface area contributed by atoms with Crippen molar-refractivity contribution in [3.05, 3.63) is 21.3 Å². The van der Waals surface area contributed by atoms with Crippen LogP contribution in [0.4, 0.5) is 13.2 Å². The molecule has 15 heavy (non-hydrogen) atoms. The first-order valence-electron chi connectivity index (χ1n) is 4.49. The second kappa shape index (κ2) is 5.72. The minimum Gasteiger partial charge on any atom is -0.316 e. The molecule has 0 saturated heterocycles. The number of thiophene rings is 1. The SMILES string of the molecule is FC(F)(F)CCNCCc1ccc(Cl)s1. The predicted octanol–water partition coefficient (Wildman–Crippen LogP) is 3.49. The lowest BCUT2D eigenvalue weighted by Gasteiger charge is -2.06. The van der Waals surface area contributed by atoms with E-state index >= 15 is 0 Å². The molecule has 0 spiro atoms. The van der Waals surface area contributed by atoms with E-state index in [-0.39, 0.29) is 6.54 Å². The predicted molar refractivity (Wildman–Crippen MR) is 56.6 cm³/mol. The van der Waals surface area contributed by atoms with Gasteiger partial charge in [0.2, 0.25) is 0 Å². The molecule has 1 rings (SSSR count). The van der Waals surface area contributed by atoms with Crippen molar-refractivity contribution < 1.29 is 13.2 Å². The van der Waals surface area contributed by atoms with Crippen LogP contribution in [0.15, 0.2) is 12.1 Å². The Morgan fingerprint density at radius 1 is 1.27 bits per heavy atom. The molecule has 1 N–H and O–H groups in total. The van der Waals surface area contributed by atoms with Crippen LogP contribution in [0.3, 0.4) is 0 Å². The molecule has 1 aromatic heterocycles. The highest BCUT2D eigenvalue weighted by Crippen LogP contribution is 2.21. The standard InChI is InChI=1S/C9H11ClF3NS/c10-8-2-1-7(15-8)3-5-14-6-4-9(11,12)13/h1-2,14H,3-6H2. The monoisotopic (exact) mass is 257 g/mol. The summed E-state index contributed by atoms with van der Waals surface area (Å²) in [5, 5.41) is 2.74. The first kappa shape index (κ1) is 12.8. The normalized spacial score (nSPS) is 12.0. The van der Waals surface area contributed by atoms with Gasteiger partial charge in [-0.25, -0.2) is 0 Å². The number of halogens is 4. The molecule has 0 aliphatic rings. The maximum Gasteiger partial charge on any atom is 0.390 e. The highest BCUT2D eigenvalue weighted by molar-refractivity contribution is 7.16. The average Bonchev–Trinajstić information content (AvgIpc) is 2.49. The summed E-state index contributed by atoms with van der Waals surface area (Å²) in [5.41, 5.74) is 0. The first-order chi connectivity index (χ1) is 6.97. The zero-order valence-electron chi connectivity index (χ0n) is 7.90. The molecule has 0 unspecified atom stereocenters. The number of hydrogen-bond donors (Lipinski definition) is 1. The fraction of sp³-hybridized carbons (Fsp3) is 0.556. The molecule has 1 nitrogen and oxygen atoms in total. The van der Waals surface area contributed by atoms with Crippen LogP contribution in [0, 0.1) is 0 Å². The van der Waals surface area contributed by atoms with Gasteiger partial charge in [-0.1, -0.05) is 11.6 Å². The third kappa shape index (κ3) is 6.02. The molecule has 1 heterocycles. The Labute approximate surface area is 95.2 Å². The van der Waals surface area contributed by atoms with Crippen LogP contribution in [-0.4, -0.2) is 19.3 Å². The van der Waals surface area contributed by atoms with E-state index < -0.39 is 12.6 Å². The van der Waals surface area contributed by atoms with Crippen molar-refractivity contribution in [2.24, 2.45) is 0 Å². The van der Waals surface area contributed by atoms with Crippen LogP contribution in [0.2, 0.25) is 4.34 Å². The van der Waals surface area contributed by atoms with Crippen molar-refractivity contribution in [3.8, 4) is 0 Å². The van der Waals surface area contributed by atoms with Crippen molar-refractivity contribution in [2.75, 3.05) is 13.1 Å². The Morgan fingerprint density at radius 2 is 2.00 bits per heavy atom. The lowest BCUT2D eigenvalue weighted by atomic mass is 10.3. The molecular weight excluding hydrogens is 247 g/mol. The molecule has 1 aromatic rings. The fourth-order valence-electron chi connectivity index (χ4n) is 1.05. The van der Waals surface area contributed by atoms with Gasteiger partial charge in [0.15, 0.2) is 0 Å². The Balaban J connectivity index is 2.07. The van der Waals surface area contributed by atoms with Gasteiger partial charge in [-0.3, -0.25) is 0 Å². The van der Waals surface area contributed by atoms with E-state index in [0.29, 0.717) is 10.9 Å². The molecule has 0 fully saturated rings. The van der Waals surface area contributed by atoms with Gasteiger partial charge in [-0.15, -0.1) is 11.3 Å². The summed E-state index contributed by atoms with van der Waals surface area (Å²) in [6.07, 6.45) is -4.13. The summed E-state index contributed by atoms with van der Waals surface area (Å²) in [6, 6.07) is 3.68. The van der Waals surface area contributed by atoms with Gasteiger partial charge in [-0.05, 0) is 25.1 Å². The molecule has 0 saturated carbocycles. The maximum atomic E-state index is 11.8. The summed E-state index contributed by atoms with van der Waals surface area (Å²) in [4.78, 5) is 1.08. The Bertz CT molecular complexity index is 298. The number of rotatable bonds is 5. The molecule has 0 bridgehead atoms. The van der Waals surface area contributed by atoms with Gasteiger partial charge >= 0.3 is 6.18 Å². The van der Waals surface area contributed by atoms with Gasteiger partial charge in [0, 0.05) is 11.4 Å². The average molecular weight is 258 g/mol. The van der Waals surface area contributed by atoms with Crippen molar-refractivity contribution in [3.63, 3.8) is 0 Å². The van der Waals surface area contributed by atoms with Crippen LogP contribution in [-0.2, 0) is 6.42 Å². The number of nitrogens with one attached hydrogen (secondary N) is 1. The van der Waals surface area contributed by atoms with Crippen molar-refractivity contribution in [1.29, 1.82) is 0 Å². The van der Waals surface area contributed by atoms with E-state index in [9.17, 15) is 13.2 Å². The van der Waals surface area contributed by atoms with Gasteiger partial charge in [-0.2, -0.15) is 13.2 Å². The van der Waals surface area contributed by atoms with E-state index in [1.54, 1.807) is 6.07 Å². The smallest absolute Gasteiger partial charge is 0.316 e. The molecule has 86 valence electrons. The molecule has 0 aliphatic carbocycles. The topological polar surface area (TPSA) is 12.0 Å². The van der Waals surface area contributed by atoms with Gasteiger partial charge < -0.3 is 5.32 Å². The Kier molecular flexibility index (Phi) is 4.89. The summed E-state index contributed by atoms with van der Waals surface area (Å²) in [5.74, 6) is 0. The van der Waals surface area contributed by atoms with Crippen molar-refractivity contribution >= 4 is 22.9 Å². The fourth-order valence-corrected chi connectivity index (χ4v) is 2.14. The summed E-state index contributed by atoms with van der Waals surface area (Å²) < 4.78 is 36.0. The third-order valence-corrected chi connectivity index (χ3v) is 3.05. The summed E-state index contributed by atoms with van der Waals surface area (Å²) in [7, 11) is 0. The number of alkyl halides is 3. The van der Waals surface area contributed by atoms with Crippen LogP contribution < -0.4 is 5.32 Å². The maximum absolute atomic E-state index is 11.8. The lowest BCUT2D eigenvalue weighted by molar-refractivity contribution is -0.133. The molecule has 0 aliphatic heterocycles. The molecule has 0 amide bonds. The zero-order valence-corrected chi connectivity index (χ0v) is 9.48. The highest BCUT2D eigenvalue weighted by Gasteiger charge is 2.25. The quantitative estimate of drug-likeness (QED) is 0.797. The molecule has 0 radical (unpaired) electrons. The minimum atomic E-state index is -4.07.